The first-order valence-electron chi connectivity index (χ1n) is 6.57. The molecule has 20 heavy (non-hydrogen) atoms. The number of likely N-dealkylation sites (N-methyl/N-ethyl adjacent to an activating group) is 1. The molecule has 0 fully saturated rings. The number of nitrogens with one attached hydrogen (secondary N) is 1. The molecule has 0 aliphatic carbocycles. The number of fused-ring (bicyclic) bond motifs is 1. The number of hydrogen-bond donors (Lipinski definition) is 1. The van der Waals surface area contributed by atoms with Crippen molar-refractivity contribution in [1.82, 2.24) is 5.32 Å². The fourth-order valence-corrected chi connectivity index (χ4v) is 3.89. The quantitative estimate of drug-likeness (QED) is 0.711. The maximum absolute atomic E-state index is 5.99. The predicted octanol–water partition coefficient (Wildman–Crippen LogP) is 5.07. The Hall–Kier alpha value is -1.10. The second-order valence-corrected chi connectivity index (χ2v) is 7.49. The molecule has 4 heteroatoms. The summed E-state index contributed by atoms with van der Waals surface area (Å²) in [5.41, 5.74) is 2.21. The van der Waals surface area contributed by atoms with Crippen LogP contribution in [0.15, 0.2) is 44.6 Å². The van der Waals surface area contributed by atoms with Gasteiger partial charge in [-0.15, -0.1) is 11.3 Å². The summed E-state index contributed by atoms with van der Waals surface area (Å²) in [6.07, 6.45) is 0.936. The number of benzene rings is 1. The van der Waals surface area contributed by atoms with E-state index in [1.54, 1.807) is 11.3 Å². The number of halogens is 1. The molecule has 3 aromatic rings. The van der Waals surface area contributed by atoms with Gasteiger partial charge in [-0.2, -0.15) is 0 Å². The maximum atomic E-state index is 5.99. The Bertz CT molecular complexity index is 731. The SMILES string of the molecule is CNC(Cc1ccc(Br)s1)c1cc2cc(C)ccc2o1. The molecule has 0 radical (unpaired) electrons. The van der Waals surface area contributed by atoms with Gasteiger partial charge >= 0.3 is 0 Å². The summed E-state index contributed by atoms with van der Waals surface area (Å²) in [4.78, 5) is 1.34. The average Bonchev–Trinajstić information content (AvgIpc) is 3.01. The minimum absolute atomic E-state index is 0.202. The van der Waals surface area contributed by atoms with Crippen molar-refractivity contribution in [3.63, 3.8) is 0 Å². The van der Waals surface area contributed by atoms with Crippen LogP contribution in [0.1, 0.15) is 22.2 Å². The average molecular weight is 350 g/mol. The third-order valence-electron chi connectivity index (χ3n) is 3.42. The van der Waals surface area contributed by atoms with Gasteiger partial charge in [-0.05, 0) is 60.2 Å². The van der Waals surface area contributed by atoms with Gasteiger partial charge in [-0.25, -0.2) is 0 Å². The highest BCUT2D eigenvalue weighted by Crippen LogP contribution is 2.30. The fraction of sp³-hybridized carbons (Fsp3) is 0.250. The molecule has 0 saturated heterocycles. The topological polar surface area (TPSA) is 25.2 Å². The molecule has 1 atom stereocenters. The first-order chi connectivity index (χ1) is 9.65. The summed E-state index contributed by atoms with van der Waals surface area (Å²) in [5, 5.41) is 4.52. The van der Waals surface area contributed by atoms with Crippen LogP contribution < -0.4 is 5.32 Å². The molecule has 2 heterocycles. The van der Waals surface area contributed by atoms with E-state index in [2.05, 4.69) is 58.5 Å². The van der Waals surface area contributed by atoms with Crippen molar-refractivity contribution in [2.24, 2.45) is 0 Å². The Morgan fingerprint density at radius 1 is 1.25 bits per heavy atom. The van der Waals surface area contributed by atoms with E-state index in [1.807, 2.05) is 13.1 Å². The molecule has 0 saturated carbocycles. The summed E-state index contributed by atoms with van der Waals surface area (Å²) >= 11 is 5.28. The smallest absolute Gasteiger partial charge is 0.134 e. The molecule has 0 amide bonds. The Labute approximate surface area is 130 Å². The lowest BCUT2D eigenvalue weighted by Gasteiger charge is -2.11. The van der Waals surface area contributed by atoms with Crippen molar-refractivity contribution in [2.75, 3.05) is 7.05 Å². The first-order valence-corrected chi connectivity index (χ1v) is 8.18. The van der Waals surface area contributed by atoms with Crippen LogP contribution >= 0.6 is 27.3 Å². The number of furan rings is 1. The van der Waals surface area contributed by atoms with Crippen LogP contribution in [0.25, 0.3) is 11.0 Å². The molecular formula is C16H16BrNOS. The van der Waals surface area contributed by atoms with Crippen LogP contribution in [-0.2, 0) is 6.42 Å². The van der Waals surface area contributed by atoms with Gasteiger partial charge in [-0.3, -0.25) is 0 Å². The molecule has 0 spiro atoms. The fourth-order valence-electron chi connectivity index (χ4n) is 2.36. The summed E-state index contributed by atoms with van der Waals surface area (Å²) in [7, 11) is 1.98. The summed E-state index contributed by atoms with van der Waals surface area (Å²) in [6, 6.07) is 12.9. The molecule has 104 valence electrons. The van der Waals surface area contributed by atoms with Crippen molar-refractivity contribution >= 4 is 38.2 Å². The summed E-state index contributed by atoms with van der Waals surface area (Å²) < 4.78 is 7.15. The van der Waals surface area contributed by atoms with Gasteiger partial charge in [0.15, 0.2) is 0 Å². The lowest BCUT2D eigenvalue weighted by Crippen LogP contribution is -2.17. The van der Waals surface area contributed by atoms with Gasteiger partial charge in [0, 0.05) is 16.7 Å². The van der Waals surface area contributed by atoms with E-state index >= 15 is 0 Å². The van der Waals surface area contributed by atoms with Crippen molar-refractivity contribution in [1.29, 1.82) is 0 Å². The molecule has 1 aromatic carbocycles. The second-order valence-electron chi connectivity index (χ2n) is 4.94. The number of aryl methyl sites for hydroxylation is 1. The Morgan fingerprint density at radius 3 is 2.80 bits per heavy atom. The minimum atomic E-state index is 0.202. The highest BCUT2D eigenvalue weighted by atomic mass is 79.9. The normalized spacial score (nSPS) is 12.9. The molecule has 1 unspecified atom stereocenters. The Kier molecular flexibility index (Phi) is 3.96. The molecule has 2 aromatic heterocycles. The van der Waals surface area contributed by atoms with E-state index in [4.69, 9.17) is 4.42 Å². The van der Waals surface area contributed by atoms with E-state index < -0.39 is 0 Å². The van der Waals surface area contributed by atoms with Gasteiger partial charge in [-0.1, -0.05) is 11.6 Å². The zero-order valence-electron chi connectivity index (χ0n) is 11.4. The van der Waals surface area contributed by atoms with Crippen LogP contribution in [0.2, 0.25) is 0 Å². The van der Waals surface area contributed by atoms with E-state index in [0.29, 0.717) is 0 Å². The van der Waals surface area contributed by atoms with Gasteiger partial charge < -0.3 is 9.73 Å². The highest BCUT2D eigenvalue weighted by Gasteiger charge is 2.16. The van der Waals surface area contributed by atoms with Gasteiger partial charge in [0.05, 0.1) is 9.83 Å². The second kappa shape index (κ2) is 5.72. The molecule has 0 bridgehead atoms. The summed E-state index contributed by atoms with van der Waals surface area (Å²) in [5.74, 6) is 0.998. The van der Waals surface area contributed by atoms with E-state index in [1.165, 1.54) is 19.6 Å². The van der Waals surface area contributed by atoms with E-state index in [0.717, 1.165) is 17.8 Å². The molecule has 0 aliphatic heterocycles. The van der Waals surface area contributed by atoms with Crippen molar-refractivity contribution in [3.8, 4) is 0 Å². The predicted molar refractivity (Wildman–Crippen MR) is 88.5 cm³/mol. The van der Waals surface area contributed by atoms with Crippen LogP contribution in [-0.4, -0.2) is 7.05 Å². The van der Waals surface area contributed by atoms with Crippen molar-refractivity contribution in [2.45, 2.75) is 19.4 Å². The standard InChI is InChI=1S/C16H16BrNOS/c1-10-3-5-14-11(7-10)8-15(19-14)13(18-2)9-12-4-6-16(17)20-12/h3-8,13,18H,9H2,1-2H3. The van der Waals surface area contributed by atoms with Crippen LogP contribution in [0.3, 0.4) is 0 Å². The maximum Gasteiger partial charge on any atom is 0.134 e. The largest absolute Gasteiger partial charge is 0.459 e. The molecular weight excluding hydrogens is 334 g/mol. The van der Waals surface area contributed by atoms with Gasteiger partial charge in [0.2, 0.25) is 0 Å². The molecule has 2 nitrogen and oxygen atoms in total. The third-order valence-corrected chi connectivity index (χ3v) is 5.06. The van der Waals surface area contributed by atoms with Crippen molar-refractivity contribution in [3.05, 3.63) is 56.4 Å². The van der Waals surface area contributed by atoms with Crippen LogP contribution in [0.4, 0.5) is 0 Å². The first kappa shape index (κ1) is 13.9. The zero-order valence-corrected chi connectivity index (χ0v) is 13.8. The van der Waals surface area contributed by atoms with Gasteiger partial charge in [0.1, 0.15) is 11.3 Å². The molecule has 1 N–H and O–H groups in total. The Balaban J connectivity index is 1.90. The van der Waals surface area contributed by atoms with E-state index in [9.17, 15) is 0 Å². The van der Waals surface area contributed by atoms with Crippen LogP contribution in [0, 0.1) is 6.92 Å². The van der Waals surface area contributed by atoms with Gasteiger partial charge in [0.25, 0.3) is 0 Å². The monoisotopic (exact) mass is 349 g/mol. The number of rotatable bonds is 4. The third kappa shape index (κ3) is 2.82. The minimum Gasteiger partial charge on any atom is -0.459 e. The summed E-state index contributed by atoms with van der Waals surface area (Å²) in [6.45, 7) is 2.10. The molecule has 3 rings (SSSR count). The number of thiophene rings is 1. The zero-order chi connectivity index (χ0) is 14.1. The van der Waals surface area contributed by atoms with Crippen LogP contribution in [0.5, 0.6) is 0 Å². The number of hydrogen-bond acceptors (Lipinski definition) is 3. The lowest BCUT2D eigenvalue weighted by molar-refractivity contribution is 0.452. The van der Waals surface area contributed by atoms with E-state index in [-0.39, 0.29) is 6.04 Å². The molecule has 0 aliphatic rings. The Morgan fingerprint density at radius 2 is 2.10 bits per heavy atom. The highest BCUT2D eigenvalue weighted by molar-refractivity contribution is 9.11. The van der Waals surface area contributed by atoms with Crippen molar-refractivity contribution < 1.29 is 4.42 Å². The lowest BCUT2D eigenvalue weighted by atomic mass is 10.1.